The van der Waals surface area contributed by atoms with Crippen LogP contribution in [0.15, 0.2) is 54.7 Å². The van der Waals surface area contributed by atoms with Gasteiger partial charge < -0.3 is 25.1 Å². The number of hydrogen-bond acceptors (Lipinski definition) is 7. The number of pyridine rings is 1. The van der Waals surface area contributed by atoms with E-state index in [-0.39, 0.29) is 11.7 Å². The van der Waals surface area contributed by atoms with Gasteiger partial charge in [-0.05, 0) is 68.1 Å². The zero-order chi connectivity index (χ0) is 28.6. The van der Waals surface area contributed by atoms with Crippen LogP contribution in [-0.2, 0) is 0 Å². The molecule has 210 valence electrons. The lowest BCUT2D eigenvalue weighted by atomic mass is 9.99. The van der Waals surface area contributed by atoms with E-state index in [4.69, 9.17) is 5.11 Å². The smallest absolute Gasteiger partial charge is 0.254 e. The molecule has 40 heavy (non-hydrogen) atoms. The van der Waals surface area contributed by atoms with Gasteiger partial charge in [0.05, 0.1) is 11.3 Å². The van der Waals surface area contributed by atoms with Gasteiger partial charge in [-0.25, -0.2) is 9.37 Å². The molecule has 0 bridgehead atoms. The minimum Gasteiger partial charge on any atom is -0.400 e. The van der Waals surface area contributed by atoms with Crippen LogP contribution in [-0.4, -0.2) is 73.3 Å². The van der Waals surface area contributed by atoms with E-state index in [2.05, 4.69) is 34.3 Å². The number of aliphatic hydroxyl groups excluding tert-OH is 1. The molecule has 0 spiro atoms. The average Bonchev–Trinajstić information content (AvgIpc) is 3.00. The number of nitrogens with zero attached hydrogens (tertiary/aromatic N) is 5. The summed E-state index contributed by atoms with van der Waals surface area (Å²) in [6.07, 6.45) is 3.49. The minimum atomic E-state index is -0.336. The van der Waals surface area contributed by atoms with Crippen molar-refractivity contribution in [2.45, 2.75) is 32.7 Å². The standard InChI is InChI=1S/C30H33FN6O.CH4O/c1-21-18-22(2)27(34-24-9-12-35(13-10-24)28-8-4-3-6-23(28)20-32)19-25(21)30(38)37-16-14-36(15-17-37)29-26(31)7-5-11-33-29;1-2/h3-8,11,18-19,24,34H,9-10,12-17H2,1-2H3;2H,1H3. The Morgan fingerprint density at radius 2 is 1.68 bits per heavy atom. The predicted molar refractivity (Wildman–Crippen MR) is 156 cm³/mol. The first kappa shape index (κ1) is 28.8. The number of amides is 1. The Labute approximate surface area is 235 Å². The summed E-state index contributed by atoms with van der Waals surface area (Å²) >= 11 is 0. The van der Waals surface area contributed by atoms with Gasteiger partial charge in [-0.1, -0.05) is 18.2 Å². The van der Waals surface area contributed by atoms with Crippen molar-refractivity contribution in [2.75, 3.05) is 61.5 Å². The van der Waals surface area contributed by atoms with Crippen molar-refractivity contribution in [1.29, 1.82) is 5.26 Å². The first-order valence-corrected chi connectivity index (χ1v) is 13.7. The number of nitriles is 1. The van der Waals surface area contributed by atoms with Gasteiger partial charge >= 0.3 is 0 Å². The molecule has 9 heteroatoms. The summed E-state index contributed by atoms with van der Waals surface area (Å²) in [5.41, 5.74) is 5.48. The number of carbonyl (C=O) groups excluding carboxylic acids is 1. The Kier molecular flexibility index (Phi) is 9.56. The maximum absolute atomic E-state index is 14.2. The van der Waals surface area contributed by atoms with Crippen LogP contribution in [0, 0.1) is 31.0 Å². The van der Waals surface area contributed by atoms with E-state index in [9.17, 15) is 14.4 Å². The highest BCUT2D eigenvalue weighted by molar-refractivity contribution is 5.97. The third kappa shape index (κ3) is 6.35. The second-order valence-electron chi connectivity index (χ2n) is 10.1. The van der Waals surface area contributed by atoms with Crippen molar-refractivity contribution >= 4 is 23.1 Å². The van der Waals surface area contributed by atoms with Gasteiger partial charge in [-0.15, -0.1) is 0 Å². The zero-order valence-corrected chi connectivity index (χ0v) is 23.4. The number of aliphatic hydroxyl groups is 1. The number of anilines is 3. The fourth-order valence-electron chi connectivity index (χ4n) is 5.47. The van der Waals surface area contributed by atoms with E-state index in [0.29, 0.717) is 49.2 Å². The fourth-order valence-corrected chi connectivity index (χ4v) is 5.47. The van der Waals surface area contributed by atoms with Crippen LogP contribution >= 0.6 is 0 Å². The Balaban J connectivity index is 0.00000181. The molecule has 2 aliphatic heterocycles. The first-order chi connectivity index (χ1) is 19.4. The van der Waals surface area contributed by atoms with Crippen molar-refractivity contribution in [2.24, 2.45) is 0 Å². The summed E-state index contributed by atoms with van der Waals surface area (Å²) in [6, 6.07) is 17.4. The van der Waals surface area contributed by atoms with Crippen LogP contribution < -0.4 is 15.1 Å². The van der Waals surface area contributed by atoms with Crippen molar-refractivity contribution in [3.63, 3.8) is 0 Å². The summed E-state index contributed by atoms with van der Waals surface area (Å²) < 4.78 is 14.2. The maximum atomic E-state index is 14.2. The molecule has 2 saturated heterocycles. The first-order valence-electron chi connectivity index (χ1n) is 13.7. The van der Waals surface area contributed by atoms with E-state index in [0.717, 1.165) is 55.5 Å². The maximum Gasteiger partial charge on any atom is 0.254 e. The molecule has 1 aromatic heterocycles. The monoisotopic (exact) mass is 544 g/mol. The van der Waals surface area contributed by atoms with Crippen LogP contribution in [0.3, 0.4) is 0 Å². The zero-order valence-electron chi connectivity index (χ0n) is 23.4. The molecule has 5 rings (SSSR count). The lowest BCUT2D eigenvalue weighted by Gasteiger charge is -2.36. The summed E-state index contributed by atoms with van der Waals surface area (Å²) in [6.45, 7) is 7.92. The topological polar surface area (TPSA) is 95.7 Å². The number of rotatable bonds is 5. The van der Waals surface area contributed by atoms with E-state index >= 15 is 0 Å². The Morgan fingerprint density at radius 3 is 2.35 bits per heavy atom. The van der Waals surface area contributed by atoms with Crippen LogP contribution in [0.1, 0.15) is 39.9 Å². The molecule has 2 aliphatic rings. The van der Waals surface area contributed by atoms with Crippen LogP contribution in [0.2, 0.25) is 0 Å². The Bertz CT molecular complexity index is 1360. The number of carbonyl (C=O) groups is 1. The number of benzene rings is 2. The lowest BCUT2D eigenvalue weighted by molar-refractivity contribution is 0.0745. The summed E-state index contributed by atoms with van der Waals surface area (Å²) in [4.78, 5) is 23.7. The number of nitrogens with one attached hydrogen (secondary N) is 1. The van der Waals surface area contributed by atoms with Crippen molar-refractivity contribution in [3.8, 4) is 6.07 Å². The second kappa shape index (κ2) is 13.3. The molecule has 2 fully saturated rings. The Morgan fingerprint density at radius 1 is 0.975 bits per heavy atom. The van der Waals surface area contributed by atoms with Gasteiger partial charge in [-0.3, -0.25) is 4.79 Å². The van der Waals surface area contributed by atoms with Gasteiger partial charge in [0.2, 0.25) is 0 Å². The molecule has 0 saturated carbocycles. The highest BCUT2D eigenvalue weighted by Gasteiger charge is 2.26. The molecule has 1 amide bonds. The summed E-state index contributed by atoms with van der Waals surface area (Å²) in [7, 11) is 1.00. The van der Waals surface area contributed by atoms with Crippen LogP contribution in [0.25, 0.3) is 0 Å². The highest BCUT2D eigenvalue weighted by atomic mass is 19.1. The number of aromatic nitrogens is 1. The van der Waals surface area contributed by atoms with Gasteiger partial charge in [0, 0.05) is 69.9 Å². The van der Waals surface area contributed by atoms with E-state index < -0.39 is 0 Å². The lowest BCUT2D eigenvalue weighted by Crippen LogP contribution is -2.49. The van der Waals surface area contributed by atoms with Crippen molar-refractivity contribution in [3.05, 3.63) is 82.8 Å². The number of piperazine rings is 1. The Hall–Kier alpha value is -4.16. The van der Waals surface area contributed by atoms with Crippen molar-refractivity contribution in [1.82, 2.24) is 9.88 Å². The number of halogens is 1. The molecule has 3 aromatic rings. The van der Waals surface area contributed by atoms with Gasteiger partial charge in [-0.2, -0.15) is 5.26 Å². The van der Waals surface area contributed by atoms with Crippen LogP contribution in [0.5, 0.6) is 0 Å². The second-order valence-corrected chi connectivity index (χ2v) is 10.1. The van der Waals surface area contributed by atoms with Gasteiger partial charge in [0.25, 0.3) is 5.91 Å². The summed E-state index contributed by atoms with van der Waals surface area (Å²) in [5, 5.41) is 20.1. The van der Waals surface area contributed by atoms with Crippen molar-refractivity contribution < 1.29 is 14.3 Å². The number of para-hydroxylation sites is 1. The van der Waals surface area contributed by atoms with Crippen LogP contribution in [0.4, 0.5) is 21.6 Å². The molecule has 0 radical (unpaired) electrons. The minimum absolute atomic E-state index is 0.00891. The normalized spacial score (nSPS) is 15.7. The molecular formula is C31H37FN6O2. The third-order valence-electron chi connectivity index (χ3n) is 7.63. The molecule has 8 nitrogen and oxygen atoms in total. The predicted octanol–water partition coefficient (Wildman–Crippen LogP) is 4.36. The quantitative estimate of drug-likeness (QED) is 0.493. The van der Waals surface area contributed by atoms with E-state index in [1.165, 1.54) is 6.07 Å². The fraction of sp³-hybridized carbons (Fsp3) is 0.387. The molecule has 2 aromatic carbocycles. The number of hydrogen-bond donors (Lipinski definition) is 2. The molecule has 3 heterocycles. The number of piperidine rings is 1. The van der Waals surface area contributed by atoms with E-state index in [1.807, 2.05) is 47.1 Å². The van der Waals surface area contributed by atoms with Gasteiger partial charge in [0.15, 0.2) is 11.6 Å². The molecule has 0 aliphatic carbocycles. The molecule has 2 N–H and O–H groups in total. The van der Waals surface area contributed by atoms with Gasteiger partial charge in [0.1, 0.15) is 6.07 Å². The third-order valence-corrected chi connectivity index (χ3v) is 7.63. The van der Waals surface area contributed by atoms with E-state index in [1.54, 1.807) is 12.3 Å². The highest BCUT2D eigenvalue weighted by Crippen LogP contribution is 2.28. The molecule has 0 atom stereocenters. The molecule has 0 unspecified atom stereocenters. The largest absolute Gasteiger partial charge is 0.400 e. The molecular weight excluding hydrogens is 507 g/mol. The number of aryl methyl sites for hydroxylation is 2. The average molecular weight is 545 g/mol. The SMILES string of the molecule is CO.Cc1cc(C)c(C(=O)N2CCN(c3ncccc3F)CC2)cc1NC1CCN(c2ccccc2C#N)CC1. The summed E-state index contributed by atoms with van der Waals surface area (Å²) in [5.74, 6) is 0.0202.